The third-order valence-electron chi connectivity index (χ3n) is 7.44. The molecule has 0 heterocycles. The average Bonchev–Trinajstić information content (AvgIpc) is 3.00. The summed E-state index contributed by atoms with van der Waals surface area (Å²) in [5.74, 6) is 0. The highest BCUT2D eigenvalue weighted by molar-refractivity contribution is 6.32. The number of allylic oxidation sites excluding steroid dienone is 3. The van der Waals surface area contributed by atoms with Gasteiger partial charge in [0, 0.05) is 0 Å². The Morgan fingerprint density at radius 1 is 0.525 bits per heavy atom. The molecule has 0 saturated carbocycles. The van der Waals surface area contributed by atoms with E-state index < -0.39 is 0 Å². The second-order valence-electron chi connectivity index (χ2n) is 10.3. The van der Waals surface area contributed by atoms with Crippen LogP contribution in [0.25, 0.3) is 62.0 Å². The van der Waals surface area contributed by atoms with E-state index in [4.69, 9.17) is 0 Å². The molecule has 0 N–H and O–H groups in total. The molecule has 0 unspecified atom stereocenters. The number of hydrogen-bond donors (Lipinski definition) is 0. The van der Waals surface area contributed by atoms with Crippen molar-refractivity contribution in [2.24, 2.45) is 0 Å². The summed E-state index contributed by atoms with van der Waals surface area (Å²) in [6.45, 7) is 2.05. The molecule has 0 aromatic heterocycles. The van der Waals surface area contributed by atoms with Gasteiger partial charge in [-0.25, -0.2) is 0 Å². The molecular formula is C39H31B. The van der Waals surface area contributed by atoms with Crippen molar-refractivity contribution in [2.75, 3.05) is 0 Å². The third kappa shape index (κ3) is 5.32. The van der Waals surface area contributed by atoms with Crippen molar-refractivity contribution in [3.8, 4) is 22.3 Å². The highest BCUT2D eigenvalue weighted by Gasteiger charge is 2.14. The number of benzene rings is 6. The van der Waals surface area contributed by atoms with Crippen LogP contribution in [0.5, 0.6) is 0 Å². The maximum atomic E-state index is 2.36. The van der Waals surface area contributed by atoms with E-state index in [0.29, 0.717) is 0 Å². The zero-order valence-corrected chi connectivity index (χ0v) is 23.0. The zero-order valence-electron chi connectivity index (χ0n) is 23.0. The van der Waals surface area contributed by atoms with Gasteiger partial charge in [0.15, 0.2) is 0 Å². The van der Waals surface area contributed by atoms with Crippen molar-refractivity contribution < 1.29 is 0 Å². The molecule has 0 aliphatic heterocycles. The van der Waals surface area contributed by atoms with Crippen molar-refractivity contribution in [3.63, 3.8) is 0 Å². The number of fused-ring (bicyclic) bond motifs is 2. The number of hydrogen-bond acceptors (Lipinski definition) is 0. The van der Waals surface area contributed by atoms with Crippen molar-refractivity contribution in [2.45, 2.75) is 6.92 Å². The lowest BCUT2D eigenvalue weighted by atomic mass is 9.87. The van der Waals surface area contributed by atoms with Gasteiger partial charge in [0.05, 0.1) is 0 Å². The fourth-order valence-corrected chi connectivity index (χ4v) is 5.38. The predicted molar refractivity (Wildman–Crippen MR) is 180 cm³/mol. The minimum atomic E-state index is 1.19. The SMILES string of the molecule is Bc1ccc(/C=C/c2cccc(-c3cc(/C=C\C=C/C)c(-c4ccc5ccccc5c4)c4ccccc34)c2)cc1. The summed E-state index contributed by atoms with van der Waals surface area (Å²) < 4.78 is 0. The standard InChI is InChI=1S/C39H31B/c1-2-3-4-13-33-27-38(32-14-9-10-29(25-32)18-17-28-19-23-35(40)24-20-28)36-15-7-8-16-37(36)39(33)34-22-21-30-11-5-6-12-31(30)26-34/h2-27H,40H2,1H3/b3-2-,13-4-,18-17+. The van der Waals surface area contributed by atoms with E-state index in [9.17, 15) is 0 Å². The van der Waals surface area contributed by atoms with Crippen LogP contribution in [-0.2, 0) is 0 Å². The first-order chi connectivity index (χ1) is 19.7. The molecule has 0 amide bonds. The molecule has 0 aliphatic carbocycles. The Kier molecular flexibility index (Phi) is 7.29. The quantitative estimate of drug-likeness (QED) is 0.119. The van der Waals surface area contributed by atoms with Gasteiger partial charge in [-0.1, -0.05) is 145 Å². The van der Waals surface area contributed by atoms with Gasteiger partial charge >= 0.3 is 0 Å². The lowest BCUT2D eigenvalue weighted by Gasteiger charge is -2.17. The summed E-state index contributed by atoms with van der Waals surface area (Å²) >= 11 is 0. The fraction of sp³-hybridized carbons (Fsp3) is 0.0256. The molecule has 0 spiro atoms. The second-order valence-corrected chi connectivity index (χ2v) is 10.3. The first-order valence-electron chi connectivity index (χ1n) is 13.9. The largest absolute Gasteiger partial charge is 0.139 e. The van der Waals surface area contributed by atoms with E-state index in [1.54, 1.807) is 0 Å². The van der Waals surface area contributed by atoms with E-state index in [0.717, 1.165) is 0 Å². The molecular weight excluding hydrogens is 479 g/mol. The van der Waals surface area contributed by atoms with E-state index in [-0.39, 0.29) is 0 Å². The maximum absolute atomic E-state index is 2.36. The Hall–Kier alpha value is -4.88. The van der Waals surface area contributed by atoms with Crippen LogP contribution in [0, 0.1) is 0 Å². The lowest BCUT2D eigenvalue weighted by Crippen LogP contribution is -1.98. The minimum absolute atomic E-state index is 1.19. The van der Waals surface area contributed by atoms with Crippen LogP contribution < -0.4 is 5.46 Å². The summed E-state index contributed by atoms with van der Waals surface area (Å²) in [6.07, 6.45) is 12.9. The molecule has 0 atom stereocenters. The fourth-order valence-electron chi connectivity index (χ4n) is 5.38. The van der Waals surface area contributed by atoms with Crippen molar-refractivity contribution in [1.29, 1.82) is 0 Å². The minimum Gasteiger partial charge on any atom is -0.0889 e. The van der Waals surface area contributed by atoms with Gasteiger partial charge in [-0.2, -0.15) is 0 Å². The second kappa shape index (κ2) is 11.5. The van der Waals surface area contributed by atoms with Crippen LogP contribution in [0.15, 0.2) is 140 Å². The van der Waals surface area contributed by atoms with Crippen LogP contribution in [-0.4, -0.2) is 7.85 Å². The first-order valence-corrected chi connectivity index (χ1v) is 13.9. The molecule has 0 fully saturated rings. The van der Waals surface area contributed by atoms with E-state index in [1.165, 1.54) is 66.0 Å². The molecule has 0 nitrogen and oxygen atoms in total. The van der Waals surface area contributed by atoms with Crippen LogP contribution in [0.1, 0.15) is 23.6 Å². The van der Waals surface area contributed by atoms with Crippen LogP contribution in [0.4, 0.5) is 0 Å². The highest BCUT2D eigenvalue weighted by Crippen LogP contribution is 2.40. The predicted octanol–water partition coefficient (Wildman–Crippen LogP) is 9.35. The Balaban J connectivity index is 1.52. The molecule has 6 aromatic rings. The van der Waals surface area contributed by atoms with Crippen LogP contribution in [0.3, 0.4) is 0 Å². The monoisotopic (exact) mass is 510 g/mol. The van der Waals surface area contributed by atoms with Crippen LogP contribution in [0.2, 0.25) is 0 Å². The average molecular weight is 510 g/mol. The Morgan fingerprint density at radius 3 is 2.10 bits per heavy atom. The van der Waals surface area contributed by atoms with E-state index in [1.807, 2.05) is 0 Å². The maximum Gasteiger partial charge on any atom is 0.139 e. The Labute approximate surface area is 238 Å². The number of rotatable bonds is 6. The van der Waals surface area contributed by atoms with Gasteiger partial charge in [-0.15, -0.1) is 0 Å². The van der Waals surface area contributed by atoms with Crippen LogP contribution >= 0.6 is 0 Å². The summed E-state index contributed by atoms with van der Waals surface area (Å²) in [7, 11) is 2.12. The topological polar surface area (TPSA) is 0 Å². The van der Waals surface area contributed by atoms with E-state index >= 15 is 0 Å². The molecule has 1 heteroatoms. The molecule has 40 heavy (non-hydrogen) atoms. The van der Waals surface area contributed by atoms with Crippen molar-refractivity contribution >= 4 is 53.1 Å². The van der Waals surface area contributed by atoms with Gasteiger partial charge in [-0.05, 0) is 85.6 Å². The molecule has 6 rings (SSSR count). The van der Waals surface area contributed by atoms with Gasteiger partial charge in [0.1, 0.15) is 7.85 Å². The van der Waals surface area contributed by atoms with Crippen molar-refractivity contribution in [1.82, 2.24) is 0 Å². The van der Waals surface area contributed by atoms with Gasteiger partial charge < -0.3 is 0 Å². The molecule has 0 saturated heterocycles. The van der Waals surface area contributed by atoms with Gasteiger partial charge in [-0.3, -0.25) is 0 Å². The van der Waals surface area contributed by atoms with Crippen molar-refractivity contribution in [3.05, 3.63) is 156 Å². The summed E-state index contributed by atoms with van der Waals surface area (Å²) in [5, 5.41) is 5.03. The Morgan fingerprint density at radius 2 is 1.27 bits per heavy atom. The Bertz CT molecular complexity index is 1900. The molecule has 190 valence electrons. The molecule has 0 bridgehead atoms. The van der Waals surface area contributed by atoms with Gasteiger partial charge in [0.2, 0.25) is 0 Å². The normalized spacial score (nSPS) is 11.9. The third-order valence-corrected chi connectivity index (χ3v) is 7.44. The first kappa shape index (κ1) is 25.4. The summed E-state index contributed by atoms with van der Waals surface area (Å²) in [4.78, 5) is 0. The van der Waals surface area contributed by atoms with Gasteiger partial charge in [0.25, 0.3) is 0 Å². The molecule has 0 aliphatic rings. The zero-order chi connectivity index (χ0) is 27.3. The highest BCUT2D eigenvalue weighted by atomic mass is 14.2. The summed E-state index contributed by atoms with van der Waals surface area (Å²) in [5.41, 5.74) is 9.83. The smallest absolute Gasteiger partial charge is 0.0889 e. The molecule has 0 radical (unpaired) electrons. The summed E-state index contributed by atoms with van der Waals surface area (Å²) in [6, 6.07) is 44.0. The van der Waals surface area contributed by atoms with E-state index in [2.05, 4.69) is 173 Å². The molecule has 6 aromatic carbocycles. The lowest BCUT2D eigenvalue weighted by molar-refractivity contribution is 1.60.